The summed E-state index contributed by atoms with van der Waals surface area (Å²) in [5.74, 6) is -0.877. The van der Waals surface area contributed by atoms with E-state index in [0.29, 0.717) is 18.5 Å². The number of aryl methyl sites for hydroxylation is 1. The molecule has 0 N–H and O–H groups in total. The average molecular weight is 523 g/mol. The number of amides is 1. The summed E-state index contributed by atoms with van der Waals surface area (Å²) in [6.45, 7) is 3.00. The van der Waals surface area contributed by atoms with Crippen molar-refractivity contribution in [2.45, 2.75) is 56.8 Å². The Morgan fingerprint density at radius 3 is 2.42 bits per heavy atom. The van der Waals surface area contributed by atoms with E-state index in [-0.39, 0.29) is 28.3 Å². The summed E-state index contributed by atoms with van der Waals surface area (Å²) < 4.78 is 61.6. The number of alkyl halides is 3. The molecule has 0 unspecified atom stereocenters. The molecule has 0 atom stereocenters. The fourth-order valence-electron chi connectivity index (χ4n) is 5.15. The highest BCUT2D eigenvalue weighted by atomic mass is 32.1. The number of aromatic nitrogens is 1. The first-order chi connectivity index (χ1) is 17.0. The number of pyridine rings is 1. The fraction of sp³-hybridized carbons (Fsp3) is 0.480. The van der Waals surface area contributed by atoms with Gasteiger partial charge >= 0.3 is 6.18 Å². The lowest BCUT2D eigenvalue weighted by Gasteiger charge is -2.43. The van der Waals surface area contributed by atoms with Crippen LogP contribution in [0.1, 0.15) is 43.4 Å². The predicted molar refractivity (Wildman–Crippen MR) is 131 cm³/mol. The maximum Gasteiger partial charge on any atom is 0.418 e. The molecular weight excluding hydrogens is 496 g/mol. The molecule has 36 heavy (non-hydrogen) atoms. The molecule has 1 spiro atoms. The van der Waals surface area contributed by atoms with E-state index in [1.807, 2.05) is 7.05 Å². The Hall–Kier alpha value is -2.79. The van der Waals surface area contributed by atoms with Gasteiger partial charge in [-0.15, -0.1) is 0 Å². The van der Waals surface area contributed by atoms with Gasteiger partial charge in [0.15, 0.2) is 16.7 Å². The number of thiocarbonyl (C=S) groups is 1. The highest BCUT2D eigenvalue weighted by Crippen LogP contribution is 2.48. The molecule has 192 valence electrons. The number of hydrogen-bond acceptors (Lipinski definition) is 5. The van der Waals surface area contributed by atoms with Gasteiger partial charge in [0.05, 0.1) is 17.4 Å². The van der Waals surface area contributed by atoms with E-state index >= 15 is 4.39 Å². The normalized spacial score (nSPS) is 20.8. The summed E-state index contributed by atoms with van der Waals surface area (Å²) in [5, 5.41) is 0.00173. The van der Waals surface area contributed by atoms with Crippen molar-refractivity contribution in [2.75, 3.05) is 29.9 Å². The Bertz CT molecular complexity index is 1210. The lowest BCUT2D eigenvalue weighted by atomic mass is 9.75. The van der Waals surface area contributed by atoms with Crippen LogP contribution < -0.4 is 14.5 Å². The molecule has 2 saturated heterocycles. The summed E-state index contributed by atoms with van der Waals surface area (Å²) in [4.78, 5) is 22.3. The monoisotopic (exact) mass is 522 g/mol. The summed E-state index contributed by atoms with van der Waals surface area (Å²) in [6, 6.07) is 5.34. The Morgan fingerprint density at radius 1 is 1.14 bits per heavy atom. The third-order valence-corrected chi connectivity index (χ3v) is 7.73. The maximum absolute atomic E-state index is 15.1. The maximum atomic E-state index is 15.1. The van der Waals surface area contributed by atoms with Crippen LogP contribution in [-0.2, 0) is 11.0 Å². The van der Waals surface area contributed by atoms with Crippen molar-refractivity contribution in [1.29, 1.82) is 0 Å². The van der Waals surface area contributed by atoms with Crippen molar-refractivity contribution < 1.29 is 27.1 Å². The third-order valence-electron chi connectivity index (χ3n) is 7.36. The quantitative estimate of drug-likeness (QED) is 0.412. The van der Waals surface area contributed by atoms with Crippen molar-refractivity contribution in [3.8, 4) is 5.75 Å². The molecule has 2 aliphatic heterocycles. The molecule has 1 aliphatic carbocycles. The lowest BCUT2D eigenvalue weighted by molar-refractivity contribution is -0.138. The molecule has 3 aliphatic rings. The smallest absolute Gasteiger partial charge is 0.418 e. The summed E-state index contributed by atoms with van der Waals surface area (Å²) in [6.07, 6.45) is -0.232. The zero-order valence-corrected chi connectivity index (χ0v) is 20.8. The van der Waals surface area contributed by atoms with Crippen molar-refractivity contribution >= 4 is 34.6 Å². The number of rotatable bonds is 4. The van der Waals surface area contributed by atoms with E-state index in [9.17, 15) is 18.0 Å². The summed E-state index contributed by atoms with van der Waals surface area (Å²) in [7, 11) is 2.03. The van der Waals surface area contributed by atoms with E-state index in [0.717, 1.165) is 43.3 Å². The number of carbonyl (C=O) groups is 1. The van der Waals surface area contributed by atoms with E-state index < -0.39 is 29.0 Å². The van der Waals surface area contributed by atoms with Crippen LogP contribution in [0.5, 0.6) is 5.75 Å². The van der Waals surface area contributed by atoms with Crippen molar-refractivity contribution in [2.24, 2.45) is 0 Å². The number of halogens is 4. The minimum Gasteiger partial charge on any atom is -0.487 e. The second-order valence-electron chi connectivity index (χ2n) is 9.70. The van der Waals surface area contributed by atoms with Crippen LogP contribution in [0.15, 0.2) is 30.5 Å². The van der Waals surface area contributed by atoms with Crippen LogP contribution in [0, 0.1) is 12.7 Å². The van der Waals surface area contributed by atoms with Crippen LogP contribution in [0.2, 0.25) is 0 Å². The molecule has 0 bridgehead atoms. The number of piperidine rings is 1. The number of ether oxygens (including phenoxy) is 1. The first-order valence-electron chi connectivity index (χ1n) is 11.9. The SMILES string of the molecule is Cc1ncc(N2C(=O)C3(CCC3)N(c3ccc(OC4CCN(C)CC4)c(F)c3)C2=S)cc1C(F)(F)F. The highest BCUT2D eigenvalue weighted by molar-refractivity contribution is 7.81. The van der Waals surface area contributed by atoms with Gasteiger partial charge in [-0.05, 0) is 76.5 Å². The molecular formula is C25H26F4N4O2S. The van der Waals surface area contributed by atoms with Crippen LogP contribution in [-0.4, -0.2) is 52.7 Å². The van der Waals surface area contributed by atoms with Gasteiger partial charge in [0.1, 0.15) is 11.6 Å². The molecule has 3 heterocycles. The van der Waals surface area contributed by atoms with Gasteiger partial charge in [-0.2, -0.15) is 13.2 Å². The lowest BCUT2D eigenvalue weighted by Crippen LogP contribution is -2.55. The number of hydrogen-bond donors (Lipinski definition) is 0. The first kappa shape index (κ1) is 24.9. The van der Waals surface area contributed by atoms with Crippen LogP contribution in [0.4, 0.5) is 28.9 Å². The molecule has 1 aromatic carbocycles. The minimum absolute atomic E-state index is 0.00173. The van der Waals surface area contributed by atoms with Crippen LogP contribution >= 0.6 is 12.2 Å². The molecule has 5 rings (SSSR count). The van der Waals surface area contributed by atoms with Gasteiger partial charge in [-0.3, -0.25) is 14.7 Å². The molecule has 11 heteroatoms. The molecule has 0 radical (unpaired) electrons. The largest absolute Gasteiger partial charge is 0.487 e. The van der Waals surface area contributed by atoms with E-state index in [1.165, 1.54) is 25.3 Å². The van der Waals surface area contributed by atoms with Crippen molar-refractivity contribution in [1.82, 2.24) is 9.88 Å². The second-order valence-corrected chi connectivity index (χ2v) is 10.1. The predicted octanol–water partition coefficient (Wildman–Crippen LogP) is 5.08. The Balaban J connectivity index is 1.46. The second kappa shape index (κ2) is 8.95. The number of benzene rings is 1. The zero-order chi connectivity index (χ0) is 25.8. The topological polar surface area (TPSA) is 48.9 Å². The van der Waals surface area contributed by atoms with Gasteiger partial charge in [0.2, 0.25) is 0 Å². The Morgan fingerprint density at radius 2 is 1.83 bits per heavy atom. The number of anilines is 2. The number of likely N-dealkylation sites (tertiary alicyclic amines) is 1. The zero-order valence-electron chi connectivity index (χ0n) is 19.9. The van der Waals surface area contributed by atoms with Gasteiger partial charge in [0.25, 0.3) is 5.91 Å². The van der Waals surface area contributed by atoms with Crippen LogP contribution in [0.25, 0.3) is 0 Å². The fourth-order valence-corrected chi connectivity index (χ4v) is 5.61. The molecule has 6 nitrogen and oxygen atoms in total. The minimum atomic E-state index is -4.63. The van der Waals surface area contributed by atoms with E-state index in [2.05, 4.69) is 9.88 Å². The Kier molecular flexibility index (Phi) is 6.19. The molecule has 1 aromatic heterocycles. The number of carbonyl (C=O) groups excluding carboxylic acids is 1. The van der Waals surface area contributed by atoms with Gasteiger partial charge in [-0.25, -0.2) is 4.39 Å². The average Bonchev–Trinajstić information content (AvgIpc) is 3.03. The van der Waals surface area contributed by atoms with E-state index in [4.69, 9.17) is 17.0 Å². The highest BCUT2D eigenvalue weighted by Gasteiger charge is 2.59. The van der Waals surface area contributed by atoms with Gasteiger partial charge in [0, 0.05) is 30.5 Å². The summed E-state index contributed by atoms with van der Waals surface area (Å²) >= 11 is 5.60. The van der Waals surface area contributed by atoms with Crippen LogP contribution in [0.3, 0.4) is 0 Å². The molecule has 3 fully saturated rings. The molecule has 2 aromatic rings. The Labute approximate surface area is 211 Å². The van der Waals surface area contributed by atoms with Crippen molar-refractivity contribution in [3.63, 3.8) is 0 Å². The first-order valence-corrected chi connectivity index (χ1v) is 12.3. The van der Waals surface area contributed by atoms with Gasteiger partial charge in [-0.1, -0.05) is 0 Å². The molecule has 1 amide bonds. The molecule has 1 saturated carbocycles. The third kappa shape index (κ3) is 4.11. The summed E-state index contributed by atoms with van der Waals surface area (Å²) in [5.41, 5.74) is -1.87. The van der Waals surface area contributed by atoms with Crippen molar-refractivity contribution in [3.05, 3.63) is 47.5 Å². The number of nitrogens with zero attached hydrogens (tertiary/aromatic N) is 4. The van der Waals surface area contributed by atoms with E-state index in [1.54, 1.807) is 11.0 Å². The standard InChI is InChI=1S/C25H26F4N4O2S/c1-15-19(25(27,28)29)12-17(14-30-15)32-22(34)24(8-3-9-24)33(23(32)36)16-4-5-21(20(26)13-16)35-18-6-10-31(2)11-7-18/h4-5,12-14,18H,3,6-11H2,1-2H3. The van der Waals surface area contributed by atoms with Gasteiger partial charge < -0.3 is 14.5 Å².